The van der Waals surface area contributed by atoms with Crippen molar-refractivity contribution >= 4 is 0 Å². The maximum absolute atomic E-state index is 9.20. The number of ether oxygens (including phenoxy) is 1. The number of aliphatic hydroxyl groups is 1. The van der Waals surface area contributed by atoms with Gasteiger partial charge in [0.1, 0.15) is 0 Å². The van der Waals surface area contributed by atoms with Crippen LogP contribution in [0.3, 0.4) is 0 Å². The van der Waals surface area contributed by atoms with E-state index in [-0.39, 0.29) is 6.10 Å². The number of aliphatic hydroxyl groups excluding tert-OH is 1. The quantitative estimate of drug-likeness (QED) is 0.676. The minimum Gasteiger partial charge on any atom is -0.389 e. The molecule has 2 atom stereocenters. The minimum atomic E-state index is -0.292. The summed E-state index contributed by atoms with van der Waals surface area (Å²) in [7, 11) is 0. The van der Waals surface area contributed by atoms with Crippen LogP contribution in [0.2, 0.25) is 0 Å². The van der Waals surface area contributed by atoms with Crippen LogP contribution in [0.15, 0.2) is 0 Å². The topological polar surface area (TPSA) is 41.9 Å². The Kier molecular flexibility index (Phi) is 3.16. The van der Waals surface area contributed by atoms with Crippen LogP contribution in [0.25, 0.3) is 0 Å². The van der Waals surface area contributed by atoms with Gasteiger partial charge in [0.2, 0.25) is 0 Å². The molecule has 4 nitrogen and oxygen atoms in total. The van der Waals surface area contributed by atoms with Crippen molar-refractivity contribution in [3.63, 3.8) is 0 Å². The molecule has 0 saturated carbocycles. The van der Waals surface area contributed by atoms with Crippen molar-refractivity contribution in [3.8, 4) is 0 Å². The molecule has 1 N–H and O–H groups in total. The van der Waals surface area contributed by atoms with Gasteiger partial charge in [-0.05, 0) is 18.8 Å². The standard InChI is InChI=1S/C9H17NO3/c11-9-5-10(13-7-9)3-1-8-2-4-12-6-8/h8-9,11H,1-7H2. The van der Waals surface area contributed by atoms with Gasteiger partial charge < -0.3 is 9.84 Å². The van der Waals surface area contributed by atoms with E-state index in [1.54, 1.807) is 0 Å². The van der Waals surface area contributed by atoms with Gasteiger partial charge in [-0.25, -0.2) is 0 Å². The molecule has 4 heteroatoms. The van der Waals surface area contributed by atoms with E-state index in [4.69, 9.17) is 9.57 Å². The van der Waals surface area contributed by atoms with Crippen molar-refractivity contribution < 1.29 is 14.7 Å². The minimum absolute atomic E-state index is 0.292. The maximum Gasteiger partial charge on any atom is 0.0958 e. The van der Waals surface area contributed by atoms with Crippen molar-refractivity contribution in [3.05, 3.63) is 0 Å². The number of hydrogen-bond donors (Lipinski definition) is 1. The molecule has 0 aromatic rings. The van der Waals surface area contributed by atoms with E-state index in [1.807, 2.05) is 5.06 Å². The van der Waals surface area contributed by atoms with Crippen molar-refractivity contribution in [2.75, 3.05) is 32.9 Å². The van der Waals surface area contributed by atoms with Crippen LogP contribution in [0.1, 0.15) is 12.8 Å². The summed E-state index contributed by atoms with van der Waals surface area (Å²) in [5, 5.41) is 11.1. The van der Waals surface area contributed by atoms with Crippen LogP contribution in [0.5, 0.6) is 0 Å². The van der Waals surface area contributed by atoms with Gasteiger partial charge in [0, 0.05) is 19.8 Å². The van der Waals surface area contributed by atoms with Gasteiger partial charge in [-0.3, -0.25) is 4.84 Å². The zero-order chi connectivity index (χ0) is 9.10. The molecule has 2 aliphatic heterocycles. The van der Waals surface area contributed by atoms with Crippen LogP contribution in [0, 0.1) is 5.92 Å². The van der Waals surface area contributed by atoms with Gasteiger partial charge >= 0.3 is 0 Å². The third kappa shape index (κ3) is 2.64. The first-order valence-electron chi connectivity index (χ1n) is 4.98. The average Bonchev–Trinajstić information content (AvgIpc) is 2.71. The summed E-state index contributed by atoms with van der Waals surface area (Å²) in [6.07, 6.45) is 2.00. The molecule has 2 saturated heterocycles. The predicted molar refractivity (Wildman–Crippen MR) is 47.1 cm³/mol. The second-order valence-electron chi connectivity index (χ2n) is 3.86. The van der Waals surface area contributed by atoms with Crippen LogP contribution < -0.4 is 0 Å². The molecule has 13 heavy (non-hydrogen) atoms. The van der Waals surface area contributed by atoms with E-state index < -0.39 is 0 Å². The van der Waals surface area contributed by atoms with Crippen molar-refractivity contribution in [2.45, 2.75) is 18.9 Å². The van der Waals surface area contributed by atoms with E-state index in [0.29, 0.717) is 19.1 Å². The lowest BCUT2D eigenvalue weighted by Gasteiger charge is -2.15. The lowest BCUT2D eigenvalue weighted by molar-refractivity contribution is -0.112. The summed E-state index contributed by atoms with van der Waals surface area (Å²) in [5.41, 5.74) is 0. The molecule has 0 aromatic carbocycles. The number of β-amino-alcohol motifs (C(OH)–C–C–N with tert-alkyl or cyclic N) is 1. The van der Waals surface area contributed by atoms with Gasteiger partial charge in [0.05, 0.1) is 19.3 Å². The van der Waals surface area contributed by atoms with E-state index in [1.165, 1.54) is 6.42 Å². The number of hydrogen-bond acceptors (Lipinski definition) is 4. The molecule has 0 spiro atoms. The first kappa shape index (κ1) is 9.40. The van der Waals surface area contributed by atoms with Crippen molar-refractivity contribution in [1.29, 1.82) is 0 Å². The second kappa shape index (κ2) is 4.37. The Balaban J connectivity index is 1.62. The first-order chi connectivity index (χ1) is 6.34. The largest absolute Gasteiger partial charge is 0.389 e. The summed E-state index contributed by atoms with van der Waals surface area (Å²) < 4.78 is 5.28. The third-order valence-electron chi connectivity index (χ3n) is 2.67. The monoisotopic (exact) mass is 187 g/mol. The number of nitrogens with zero attached hydrogens (tertiary/aromatic N) is 1. The first-order valence-corrected chi connectivity index (χ1v) is 4.98. The van der Waals surface area contributed by atoms with E-state index in [9.17, 15) is 5.11 Å². The molecule has 2 unspecified atom stereocenters. The highest BCUT2D eigenvalue weighted by Crippen LogP contribution is 2.17. The predicted octanol–water partition coefficient (Wildman–Crippen LogP) is 0.0211. The third-order valence-corrected chi connectivity index (χ3v) is 2.67. The van der Waals surface area contributed by atoms with Crippen LogP contribution in [-0.2, 0) is 9.57 Å². The fourth-order valence-electron chi connectivity index (χ4n) is 1.83. The Labute approximate surface area is 78.4 Å². The molecule has 0 bridgehead atoms. The zero-order valence-corrected chi connectivity index (χ0v) is 7.82. The Bertz CT molecular complexity index is 159. The normalized spacial score (nSPS) is 35.8. The van der Waals surface area contributed by atoms with Gasteiger partial charge in [-0.15, -0.1) is 0 Å². The zero-order valence-electron chi connectivity index (χ0n) is 7.82. The Morgan fingerprint density at radius 3 is 2.92 bits per heavy atom. The summed E-state index contributed by atoms with van der Waals surface area (Å²) >= 11 is 0. The molecule has 0 aliphatic carbocycles. The van der Waals surface area contributed by atoms with Gasteiger partial charge in [0.25, 0.3) is 0 Å². The smallest absolute Gasteiger partial charge is 0.0958 e. The number of rotatable bonds is 3. The maximum atomic E-state index is 9.20. The summed E-state index contributed by atoms with van der Waals surface area (Å²) in [6.45, 7) is 3.85. The van der Waals surface area contributed by atoms with Crippen LogP contribution in [-0.4, -0.2) is 49.2 Å². The SMILES string of the molecule is OC1CON(CCC2CCOC2)C1. The van der Waals surface area contributed by atoms with Crippen molar-refractivity contribution in [2.24, 2.45) is 5.92 Å². The molecule has 2 aliphatic rings. The molecule has 0 amide bonds. The van der Waals surface area contributed by atoms with E-state index >= 15 is 0 Å². The fraction of sp³-hybridized carbons (Fsp3) is 1.00. The van der Waals surface area contributed by atoms with Gasteiger partial charge in [-0.1, -0.05) is 0 Å². The Hall–Kier alpha value is -0.160. The highest BCUT2D eigenvalue weighted by atomic mass is 16.7. The van der Waals surface area contributed by atoms with Gasteiger partial charge in [-0.2, -0.15) is 5.06 Å². The molecule has 76 valence electrons. The summed E-state index contributed by atoms with van der Waals surface area (Å²) in [6, 6.07) is 0. The van der Waals surface area contributed by atoms with E-state index in [2.05, 4.69) is 0 Å². The lowest BCUT2D eigenvalue weighted by atomic mass is 10.1. The molecule has 0 radical (unpaired) electrons. The van der Waals surface area contributed by atoms with E-state index in [0.717, 1.165) is 26.2 Å². The second-order valence-corrected chi connectivity index (χ2v) is 3.86. The summed E-state index contributed by atoms with van der Waals surface area (Å²) in [4.78, 5) is 5.27. The molecule has 2 rings (SSSR count). The van der Waals surface area contributed by atoms with Crippen LogP contribution in [0.4, 0.5) is 0 Å². The Morgan fingerprint density at radius 2 is 2.31 bits per heavy atom. The Morgan fingerprint density at radius 1 is 1.38 bits per heavy atom. The molecule has 2 fully saturated rings. The van der Waals surface area contributed by atoms with Crippen LogP contribution >= 0.6 is 0 Å². The lowest BCUT2D eigenvalue weighted by Crippen LogP contribution is -2.23. The van der Waals surface area contributed by atoms with Crippen molar-refractivity contribution in [1.82, 2.24) is 5.06 Å². The number of hydroxylamine groups is 2. The highest BCUT2D eigenvalue weighted by Gasteiger charge is 2.23. The molecule has 2 heterocycles. The molecule has 0 aromatic heterocycles. The highest BCUT2D eigenvalue weighted by molar-refractivity contribution is 4.68. The van der Waals surface area contributed by atoms with Gasteiger partial charge in [0.15, 0.2) is 0 Å². The average molecular weight is 187 g/mol. The summed E-state index contributed by atoms with van der Waals surface area (Å²) in [5.74, 6) is 0.696. The molecular formula is C9H17NO3. The molecular weight excluding hydrogens is 170 g/mol. The fourth-order valence-corrected chi connectivity index (χ4v) is 1.83.